The maximum atomic E-state index is 13.3. The van der Waals surface area contributed by atoms with Crippen LogP contribution in [0.1, 0.15) is 44.2 Å². The van der Waals surface area contributed by atoms with Crippen molar-refractivity contribution >= 4 is 26.9 Å². The highest BCUT2D eigenvalue weighted by Gasteiger charge is 2.47. The fourth-order valence-corrected chi connectivity index (χ4v) is 5.05. The fourth-order valence-electron chi connectivity index (χ4n) is 3.67. The van der Waals surface area contributed by atoms with Crippen LogP contribution in [-0.4, -0.2) is 24.0 Å². The van der Waals surface area contributed by atoms with Gasteiger partial charge < -0.3 is 4.74 Å². The molecule has 0 unspecified atom stereocenters. The molecule has 0 amide bonds. The number of hydrogen-bond donors (Lipinski definition) is 0. The van der Waals surface area contributed by atoms with Gasteiger partial charge in [0.1, 0.15) is 5.60 Å². The highest BCUT2D eigenvalue weighted by molar-refractivity contribution is 7.90. The Labute approximate surface area is 171 Å². The molecule has 152 valence electrons. The van der Waals surface area contributed by atoms with Crippen molar-refractivity contribution in [1.29, 1.82) is 0 Å². The Morgan fingerprint density at radius 2 is 1.72 bits per heavy atom. The predicted molar refractivity (Wildman–Crippen MR) is 112 cm³/mol. The van der Waals surface area contributed by atoms with Crippen molar-refractivity contribution in [3.05, 3.63) is 65.9 Å². The van der Waals surface area contributed by atoms with Gasteiger partial charge in [-0.1, -0.05) is 35.9 Å². The summed E-state index contributed by atoms with van der Waals surface area (Å²) in [5.41, 5.74) is 1.97. The molecule has 3 aromatic rings. The first-order chi connectivity index (χ1) is 13.6. The van der Waals surface area contributed by atoms with Crippen molar-refractivity contribution in [1.82, 2.24) is 3.97 Å². The molecule has 0 N–H and O–H groups in total. The zero-order chi connectivity index (χ0) is 21.0. The Balaban J connectivity index is 1.74. The van der Waals surface area contributed by atoms with Gasteiger partial charge in [0.05, 0.1) is 16.3 Å². The number of benzene rings is 2. The second-order valence-electron chi connectivity index (χ2n) is 8.70. The summed E-state index contributed by atoms with van der Waals surface area (Å²) < 4.78 is 33.4. The molecule has 1 saturated carbocycles. The molecule has 1 heterocycles. The fraction of sp³-hybridized carbons (Fsp3) is 0.348. The van der Waals surface area contributed by atoms with E-state index in [1.807, 2.05) is 45.9 Å². The highest BCUT2D eigenvalue weighted by Crippen LogP contribution is 2.51. The largest absolute Gasteiger partial charge is 0.460 e. The zero-order valence-electron chi connectivity index (χ0n) is 17.0. The van der Waals surface area contributed by atoms with Crippen LogP contribution >= 0.6 is 0 Å². The van der Waals surface area contributed by atoms with Gasteiger partial charge in [-0.15, -0.1) is 0 Å². The zero-order valence-corrected chi connectivity index (χ0v) is 17.9. The molecule has 29 heavy (non-hydrogen) atoms. The number of carbonyl (C=O) groups is 1. The van der Waals surface area contributed by atoms with Gasteiger partial charge in [-0.2, -0.15) is 0 Å². The summed E-state index contributed by atoms with van der Waals surface area (Å²) in [4.78, 5) is 12.7. The van der Waals surface area contributed by atoms with E-state index in [9.17, 15) is 13.2 Å². The van der Waals surface area contributed by atoms with Crippen molar-refractivity contribution in [3.63, 3.8) is 0 Å². The number of rotatable bonds is 4. The molecule has 0 spiro atoms. The van der Waals surface area contributed by atoms with Crippen LogP contribution in [0.25, 0.3) is 10.9 Å². The quantitative estimate of drug-likeness (QED) is 0.587. The first-order valence-corrected chi connectivity index (χ1v) is 11.2. The second-order valence-corrected chi connectivity index (χ2v) is 10.5. The summed E-state index contributed by atoms with van der Waals surface area (Å²) in [7, 11) is -3.73. The molecule has 5 nitrogen and oxygen atoms in total. The Morgan fingerprint density at radius 3 is 2.38 bits per heavy atom. The highest BCUT2D eigenvalue weighted by atomic mass is 32.2. The first kappa shape index (κ1) is 19.7. The van der Waals surface area contributed by atoms with E-state index in [1.165, 1.54) is 3.97 Å². The molecule has 0 bridgehead atoms. The van der Waals surface area contributed by atoms with Crippen molar-refractivity contribution < 1.29 is 17.9 Å². The third kappa shape index (κ3) is 3.69. The molecule has 4 rings (SSSR count). The average Bonchev–Trinajstić information content (AvgIpc) is 3.34. The van der Waals surface area contributed by atoms with Crippen LogP contribution in [0.3, 0.4) is 0 Å². The number of aromatic nitrogens is 1. The Kier molecular flexibility index (Phi) is 4.57. The van der Waals surface area contributed by atoms with Crippen molar-refractivity contribution in [2.75, 3.05) is 0 Å². The number of aryl methyl sites for hydroxylation is 1. The lowest BCUT2D eigenvalue weighted by Gasteiger charge is -2.19. The lowest BCUT2D eigenvalue weighted by atomic mass is 10.1. The molecule has 0 radical (unpaired) electrons. The van der Waals surface area contributed by atoms with Crippen LogP contribution in [0.2, 0.25) is 0 Å². The number of fused-ring (bicyclic) bond motifs is 1. The van der Waals surface area contributed by atoms with Gasteiger partial charge in [-0.25, -0.2) is 12.4 Å². The predicted octanol–water partition coefficient (Wildman–Crippen LogP) is 4.63. The molecule has 2 aromatic carbocycles. The molecule has 0 saturated heterocycles. The summed E-state index contributed by atoms with van der Waals surface area (Å²) in [6.07, 6.45) is 2.35. The monoisotopic (exact) mass is 411 g/mol. The van der Waals surface area contributed by atoms with Crippen LogP contribution in [0.15, 0.2) is 59.6 Å². The van der Waals surface area contributed by atoms with E-state index in [0.717, 1.165) is 16.5 Å². The van der Waals surface area contributed by atoms with Crippen molar-refractivity contribution in [2.24, 2.45) is 5.92 Å². The molecule has 2 atom stereocenters. The van der Waals surface area contributed by atoms with Crippen LogP contribution in [0, 0.1) is 12.8 Å². The van der Waals surface area contributed by atoms with Gasteiger partial charge in [-0.05, 0) is 57.9 Å². The lowest BCUT2D eigenvalue weighted by Crippen LogP contribution is -2.25. The number of esters is 1. The van der Waals surface area contributed by atoms with E-state index in [2.05, 4.69) is 0 Å². The molecular formula is C23H25NO4S. The van der Waals surface area contributed by atoms with Crippen LogP contribution in [0.5, 0.6) is 0 Å². The number of hydrogen-bond acceptors (Lipinski definition) is 4. The molecule has 1 fully saturated rings. The van der Waals surface area contributed by atoms with E-state index in [1.54, 1.807) is 36.5 Å². The van der Waals surface area contributed by atoms with Gasteiger partial charge >= 0.3 is 5.97 Å². The molecule has 0 aliphatic heterocycles. The van der Waals surface area contributed by atoms with E-state index >= 15 is 0 Å². The normalized spacial score (nSPS) is 19.3. The average molecular weight is 412 g/mol. The SMILES string of the molecule is Cc1ccc(S(=O)(=O)n2cc([C@@H]3C[C@H]3C(=O)OC(C)(C)C)c3ccccc32)cc1. The summed E-state index contributed by atoms with van der Waals surface area (Å²) in [6.45, 7) is 7.47. The molecular weight excluding hydrogens is 386 g/mol. The van der Waals surface area contributed by atoms with E-state index < -0.39 is 15.6 Å². The maximum Gasteiger partial charge on any atom is 0.310 e. The van der Waals surface area contributed by atoms with Crippen LogP contribution < -0.4 is 0 Å². The summed E-state index contributed by atoms with van der Waals surface area (Å²) in [6, 6.07) is 14.3. The minimum absolute atomic E-state index is 0.0239. The summed E-state index contributed by atoms with van der Waals surface area (Å²) >= 11 is 0. The lowest BCUT2D eigenvalue weighted by molar-refractivity contribution is -0.156. The Morgan fingerprint density at radius 1 is 1.07 bits per heavy atom. The third-order valence-electron chi connectivity index (χ3n) is 5.19. The van der Waals surface area contributed by atoms with Gasteiger partial charge in [-0.3, -0.25) is 4.79 Å². The van der Waals surface area contributed by atoms with Gasteiger partial charge in [0, 0.05) is 17.5 Å². The van der Waals surface area contributed by atoms with Crippen LogP contribution in [-0.2, 0) is 19.6 Å². The molecule has 1 aliphatic carbocycles. The van der Waals surface area contributed by atoms with Crippen LogP contribution in [0.4, 0.5) is 0 Å². The maximum absolute atomic E-state index is 13.3. The van der Waals surface area contributed by atoms with Crippen molar-refractivity contribution in [2.45, 2.75) is 50.5 Å². The minimum atomic E-state index is -3.73. The first-order valence-electron chi connectivity index (χ1n) is 9.73. The van der Waals surface area contributed by atoms with E-state index in [0.29, 0.717) is 11.9 Å². The number of para-hydroxylation sites is 1. The smallest absolute Gasteiger partial charge is 0.310 e. The van der Waals surface area contributed by atoms with Crippen molar-refractivity contribution in [3.8, 4) is 0 Å². The van der Waals surface area contributed by atoms with E-state index in [4.69, 9.17) is 4.74 Å². The minimum Gasteiger partial charge on any atom is -0.460 e. The molecule has 6 heteroatoms. The molecule has 1 aromatic heterocycles. The number of carbonyl (C=O) groups excluding carboxylic acids is 1. The molecule has 1 aliphatic rings. The standard InChI is InChI=1S/C23H25NO4S/c1-15-9-11-16(12-10-15)29(26,27)24-14-20(17-7-5-6-8-21(17)24)18-13-19(18)22(25)28-23(2,3)4/h5-12,14,18-19H,13H2,1-4H3/t18-,19-/m1/s1. The summed E-state index contributed by atoms with van der Waals surface area (Å²) in [5, 5.41) is 0.860. The Hall–Kier alpha value is -2.60. The number of ether oxygens (including phenoxy) is 1. The topological polar surface area (TPSA) is 65.4 Å². The second kappa shape index (κ2) is 6.73. The Bertz CT molecular complexity index is 1180. The third-order valence-corrected chi connectivity index (χ3v) is 6.87. The number of nitrogens with zero attached hydrogens (tertiary/aromatic N) is 1. The van der Waals surface area contributed by atoms with E-state index in [-0.39, 0.29) is 22.7 Å². The van der Waals surface area contributed by atoms with Gasteiger partial charge in [0.2, 0.25) is 0 Å². The van der Waals surface area contributed by atoms with Gasteiger partial charge in [0.25, 0.3) is 10.0 Å². The van der Waals surface area contributed by atoms with Gasteiger partial charge in [0.15, 0.2) is 0 Å². The summed E-state index contributed by atoms with van der Waals surface area (Å²) in [5.74, 6) is -0.472.